The van der Waals surface area contributed by atoms with Crippen molar-refractivity contribution < 1.29 is 9.59 Å². The van der Waals surface area contributed by atoms with E-state index in [0.717, 1.165) is 43.3 Å². The number of rotatable bonds is 6. The van der Waals surface area contributed by atoms with Crippen molar-refractivity contribution in [1.82, 2.24) is 24.3 Å². The number of urea groups is 1. The molecule has 2 saturated heterocycles. The lowest BCUT2D eigenvalue weighted by Crippen LogP contribution is -2.58. The molecule has 3 amide bonds. The Bertz CT molecular complexity index is 1300. The molecule has 11 nitrogen and oxygen atoms in total. The molecule has 3 aliphatic rings. The Hall–Kier alpha value is -2.99. The minimum atomic E-state index is -0.946. The smallest absolute Gasteiger partial charge is 0.338 e. The molecule has 1 aliphatic carbocycles. The lowest BCUT2D eigenvalue weighted by Gasteiger charge is -2.37. The quantitative estimate of drug-likeness (QED) is 0.460. The van der Waals surface area contributed by atoms with Gasteiger partial charge in [-0.3, -0.25) is 19.6 Å². The third-order valence-electron chi connectivity index (χ3n) is 8.93. The molecule has 3 fully saturated rings. The zero-order valence-corrected chi connectivity index (χ0v) is 25.7. The number of nitrogens with one attached hydrogen (secondary N) is 1. The van der Waals surface area contributed by atoms with Crippen molar-refractivity contribution in [1.29, 1.82) is 0 Å². The van der Waals surface area contributed by atoms with Gasteiger partial charge in [0.2, 0.25) is 5.91 Å². The topological polar surface area (TPSA) is 143 Å². The van der Waals surface area contributed by atoms with Gasteiger partial charge in [0.1, 0.15) is 5.82 Å². The van der Waals surface area contributed by atoms with Crippen molar-refractivity contribution in [3.63, 3.8) is 0 Å². The number of hydrogen-bond acceptors (Lipinski definition) is 7. The number of likely N-dealkylation sites (tertiary alicyclic amines) is 1. The Morgan fingerprint density at radius 1 is 1.02 bits per heavy atom. The molecule has 2 aromatic rings. The molecule has 12 heteroatoms. The predicted octanol–water partition coefficient (Wildman–Crippen LogP) is 2.06. The molecule has 1 aromatic carbocycles. The highest BCUT2D eigenvalue weighted by molar-refractivity contribution is 5.89. The number of halogens is 1. The number of piperazine rings is 1. The molecule has 2 aliphatic heterocycles. The van der Waals surface area contributed by atoms with Crippen LogP contribution in [0.4, 0.5) is 10.6 Å². The molecule has 5 N–H and O–H groups in total. The van der Waals surface area contributed by atoms with Crippen LogP contribution >= 0.6 is 12.4 Å². The zero-order valence-electron chi connectivity index (χ0n) is 24.9. The Labute approximate surface area is 254 Å². The maximum absolute atomic E-state index is 12.8. The molecule has 0 spiro atoms. The summed E-state index contributed by atoms with van der Waals surface area (Å²) in [6.45, 7) is 9.53. The van der Waals surface area contributed by atoms with Crippen LogP contribution in [0.1, 0.15) is 45.6 Å². The summed E-state index contributed by atoms with van der Waals surface area (Å²) < 4.78 is 1.47. The summed E-state index contributed by atoms with van der Waals surface area (Å²) in [4.78, 5) is 47.9. The van der Waals surface area contributed by atoms with E-state index in [1.807, 2.05) is 12.1 Å². The van der Waals surface area contributed by atoms with Gasteiger partial charge in [0.15, 0.2) is 0 Å². The summed E-state index contributed by atoms with van der Waals surface area (Å²) in [6.07, 6.45) is 6.14. The van der Waals surface area contributed by atoms with Gasteiger partial charge in [0.25, 0.3) is 0 Å². The number of hydrogen-bond donors (Lipinski definition) is 3. The summed E-state index contributed by atoms with van der Waals surface area (Å²) in [7, 11) is 0. The number of aromatic nitrogens is 2. The van der Waals surface area contributed by atoms with E-state index in [2.05, 4.69) is 34.3 Å². The second kappa shape index (κ2) is 13.1. The fourth-order valence-electron chi connectivity index (χ4n) is 6.50. The molecule has 5 rings (SSSR count). The third kappa shape index (κ3) is 7.31. The Balaban J connectivity index is 0.00000405. The van der Waals surface area contributed by atoms with Crippen LogP contribution in [0.5, 0.6) is 0 Å². The summed E-state index contributed by atoms with van der Waals surface area (Å²) in [5.41, 5.74) is 12.7. The standard InChI is InChI=1S/C30H44N8O3.ClH/c1-20(37-18-22-6-7-24(31)17-23(22)19-37)16-21-4-8-25(9-5-21)38-11-10-26(34-29(38)41)33-28(40)36-14-12-35(13-15-36)27(39)30(2,3)32;/h4-5,8-11,20,22-24H,6-7,12-19,31-32H2,1-3H3,(H,33,34,40,41);1H. The number of nitrogens with zero attached hydrogens (tertiary/aromatic N) is 5. The van der Waals surface area contributed by atoms with Gasteiger partial charge in [-0.1, -0.05) is 12.1 Å². The van der Waals surface area contributed by atoms with E-state index >= 15 is 0 Å². The maximum Gasteiger partial charge on any atom is 0.354 e. The molecule has 42 heavy (non-hydrogen) atoms. The first-order valence-corrected chi connectivity index (χ1v) is 14.8. The van der Waals surface area contributed by atoms with Crippen LogP contribution in [0.2, 0.25) is 0 Å². The van der Waals surface area contributed by atoms with Crippen LogP contribution in [0, 0.1) is 11.8 Å². The van der Waals surface area contributed by atoms with Gasteiger partial charge in [-0.15, -0.1) is 12.4 Å². The van der Waals surface area contributed by atoms with E-state index in [0.29, 0.717) is 38.3 Å². The molecule has 0 radical (unpaired) electrons. The van der Waals surface area contributed by atoms with Gasteiger partial charge in [-0.25, -0.2) is 9.59 Å². The molecule has 4 atom stereocenters. The second-order valence-corrected chi connectivity index (χ2v) is 12.7. The van der Waals surface area contributed by atoms with Crippen molar-refractivity contribution in [2.24, 2.45) is 23.3 Å². The molecular weight excluding hydrogens is 556 g/mol. The molecule has 1 saturated carbocycles. The molecule has 1 aromatic heterocycles. The van der Waals surface area contributed by atoms with Gasteiger partial charge in [-0.05, 0) is 82.1 Å². The van der Waals surface area contributed by atoms with Crippen LogP contribution in [0.3, 0.4) is 0 Å². The number of anilines is 1. The fraction of sp³-hybridized carbons (Fsp3) is 0.600. The normalized spacial score (nSPS) is 23.6. The lowest BCUT2D eigenvalue weighted by molar-refractivity contribution is -0.137. The first-order chi connectivity index (χ1) is 19.5. The second-order valence-electron chi connectivity index (χ2n) is 12.7. The van der Waals surface area contributed by atoms with Crippen molar-refractivity contribution >= 4 is 30.2 Å². The molecule has 3 heterocycles. The van der Waals surface area contributed by atoms with Gasteiger partial charge in [0.05, 0.1) is 11.2 Å². The van der Waals surface area contributed by atoms with Crippen LogP contribution in [-0.2, 0) is 11.2 Å². The van der Waals surface area contributed by atoms with Crippen molar-refractivity contribution in [3.8, 4) is 5.69 Å². The predicted molar refractivity (Wildman–Crippen MR) is 166 cm³/mol. The number of benzene rings is 1. The van der Waals surface area contributed by atoms with E-state index < -0.39 is 11.2 Å². The van der Waals surface area contributed by atoms with Crippen LogP contribution in [0.25, 0.3) is 5.69 Å². The number of fused-ring (bicyclic) bond motifs is 1. The van der Waals surface area contributed by atoms with Crippen molar-refractivity contribution in [2.75, 3.05) is 44.6 Å². The van der Waals surface area contributed by atoms with E-state index in [-0.39, 0.29) is 30.2 Å². The van der Waals surface area contributed by atoms with E-state index in [4.69, 9.17) is 11.5 Å². The van der Waals surface area contributed by atoms with E-state index in [1.54, 1.807) is 35.9 Å². The largest absolute Gasteiger partial charge is 0.354 e. The average molecular weight is 601 g/mol. The van der Waals surface area contributed by atoms with E-state index in [1.165, 1.54) is 23.1 Å². The van der Waals surface area contributed by atoms with Crippen molar-refractivity contribution in [3.05, 3.63) is 52.6 Å². The average Bonchev–Trinajstić information content (AvgIpc) is 3.36. The SMILES string of the molecule is CC(Cc1ccc(-n2ccc(NC(=O)N3CCN(C(=O)C(C)(C)N)CC3)nc2=O)cc1)N1CC2CCC(N)CC2C1.Cl. The molecule has 230 valence electrons. The summed E-state index contributed by atoms with van der Waals surface area (Å²) in [5.74, 6) is 1.58. The first kappa shape index (κ1) is 31.9. The first-order valence-electron chi connectivity index (χ1n) is 14.8. The Morgan fingerprint density at radius 3 is 2.31 bits per heavy atom. The minimum Gasteiger partial charge on any atom is -0.338 e. The van der Waals surface area contributed by atoms with Crippen LogP contribution in [-0.4, -0.2) is 93.1 Å². The van der Waals surface area contributed by atoms with Crippen LogP contribution in [0.15, 0.2) is 41.3 Å². The van der Waals surface area contributed by atoms with Crippen LogP contribution < -0.4 is 22.5 Å². The van der Waals surface area contributed by atoms with E-state index in [9.17, 15) is 14.4 Å². The minimum absolute atomic E-state index is 0. The highest BCUT2D eigenvalue weighted by atomic mass is 35.5. The molecule has 4 unspecified atom stereocenters. The number of nitrogens with two attached hydrogens (primary N) is 2. The fourth-order valence-corrected chi connectivity index (χ4v) is 6.50. The monoisotopic (exact) mass is 600 g/mol. The van der Waals surface area contributed by atoms with Gasteiger partial charge < -0.3 is 21.3 Å². The number of amides is 3. The summed E-state index contributed by atoms with van der Waals surface area (Å²) >= 11 is 0. The lowest BCUT2D eigenvalue weighted by atomic mass is 9.79. The number of carbonyl (C=O) groups is 2. The van der Waals surface area contributed by atoms with Crippen molar-refractivity contribution in [2.45, 2.75) is 64.1 Å². The van der Waals surface area contributed by atoms with Gasteiger partial charge in [-0.2, -0.15) is 4.98 Å². The van der Waals surface area contributed by atoms with Gasteiger partial charge >= 0.3 is 11.7 Å². The summed E-state index contributed by atoms with van der Waals surface area (Å²) in [5, 5.41) is 2.71. The maximum atomic E-state index is 12.8. The summed E-state index contributed by atoms with van der Waals surface area (Å²) in [6, 6.07) is 10.1. The van der Waals surface area contributed by atoms with Gasteiger partial charge in [0, 0.05) is 57.5 Å². The Kier molecular flexibility index (Phi) is 9.97. The highest BCUT2D eigenvalue weighted by Gasteiger charge is 2.38. The molecular formula is C30H45ClN8O3. The Morgan fingerprint density at radius 2 is 1.67 bits per heavy atom. The molecule has 0 bridgehead atoms. The zero-order chi connectivity index (χ0) is 29.3. The third-order valence-corrected chi connectivity index (χ3v) is 8.93. The highest BCUT2D eigenvalue weighted by Crippen LogP contribution is 2.36. The number of carbonyl (C=O) groups excluding carboxylic acids is 2.